The Hall–Kier alpha value is -0.680. The van der Waals surface area contributed by atoms with Crippen LogP contribution in [0.1, 0.15) is 33.6 Å². The second-order valence-electron chi connectivity index (χ2n) is 4.56. The number of ether oxygens (including phenoxy) is 1. The predicted octanol–water partition coefficient (Wildman–Crippen LogP) is 1.48. The second-order valence-corrected chi connectivity index (χ2v) is 5.03. The molecule has 5 heteroatoms. The summed E-state index contributed by atoms with van der Waals surface area (Å²) in [5, 5.41) is 2.95. The van der Waals surface area contributed by atoms with E-state index in [9.17, 15) is 4.79 Å². The maximum Gasteiger partial charge on any atom is 0.230 e. The van der Waals surface area contributed by atoms with Gasteiger partial charge in [-0.1, -0.05) is 39.4 Å². The SMILES string of the molecule is CCCC(C(=O)NC(COC)C(C)C)C(N)=S. The van der Waals surface area contributed by atoms with Crippen LogP contribution < -0.4 is 11.1 Å². The molecule has 1 amide bonds. The summed E-state index contributed by atoms with van der Waals surface area (Å²) in [6.07, 6.45) is 1.57. The molecule has 2 unspecified atom stereocenters. The Kier molecular flexibility index (Phi) is 8.08. The highest BCUT2D eigenvalue weighted by atomic mass is 32.1. The van der Waals surface area contributed by atoms with E-state index in [2.05, 4.69) is 5.32 Å². The quantitative estimate of drug-likeness (QED) is 0.649. The lowest BCUT2D eigenvalue weighted by molar-refractivity contribution is -0.124. The molecule has 0 aromatic carbocycles. The molecular formula is C12H24N2O2S. The van der Waals surface area contributed by atoms with Crippen LogP contribution in [0.4, 0.5) is 0 Å². The molecule has 3 N–H and O–H groups in total. The van der Waals surface area contributed by atoms with E-state index in [4.69, 9.17) is 22.7 Å². The smallest absolute Gasteiger partial charge is 0.230 e. The molecule has 0 saturated carbocycles. The molecule has 0 aliphatic heterocycles. The first-order valence-corrected chi connectivity index (χ1v) is 6.43. The van der Waals surface area contributed by atoms with Crippen molar-refractivity contribution in [1.82, 2.24) is 5.32 Å². The highest BCUT2D eigenvalue weighted by Crippen LogP contribution is 2.09. The van der Waals surface area contributed by atoms with Gasteiger partial charge < -0.3 is 15.8 Å². The van der Waals surface area contributed by atoms with Crippen molar-refractivity contribution in [2.45, 2.75) is 39.7 Å². The van der Waals surface area contributed by atoms with Gasteiger partial charge in [-0.2, -0.15) is 0 Å². The summed E-state index contributed by atoms with van der Waals surface area (Å²) in [6, 6.07) is 0.00112. The minimum Gasteiger partial charge on any atom is -0.393 e. The number of thiocarbonyl (C=S) groups is 1. The number of rotatable bonds is 8. The number of nitrogens with one attached hydrogen (secondary N) is 1. The minimum atomic E-state index is -0.367. The fourth-order valence-electron chi connectivity index (χ4n) is 1.55. The van der Waals surface area contributed by atoms with Gasteiger partial charge in [0, 0.05) is 7.11 Å². The highest BCUT2D eigenvalue weighted by Gasteiger charge is 2.24. The van der Waals surface area contributed by atoms with Crippen LogP contribution in [0, 0.1) is 11.8 Å². The van der Waals surface area contributed by atoms with Crippen molar-refractivity contribution in [3.05, 3.63) is 0 Å². The molecule has 0 bridgehead atoms. The van der Waals surface area contributed by atoms with Gasteiger partial charge >= 0.3 is 0 Å². The molecule has 2 atom stereocenters. The number of nitrogens with two attached hydrogens (primary N) is 1. The average Bonchev–Trinajstić information content (AvgIpc) is 2.24. The summed E-state index contributed by atoms with van der Waals surface area (Å²) >= 11 is 4.93. The Morgan fingerprint density at radius 3 is 2.41 bits per heavy atom. The summed E-state index contributed by atoms with van der Waals surface area (Å²) in [7, 11) is 1.62. The molecule has 0 rings (SSSR count). The van der Waals surface area contributed by atoms with E-state index in [1.165, 1.54) is 0 Å². The standard InChI is InChI=1S/C12H24N2O2S/c1-5-6-9(11(13)17)12(15)14-10(7-16-4)8(2)3/h8-10H,5-7H2,1-4H3,(H2,13,17)(H,14,15). The summed E-state index contributed by atoms with van der Waals surface area (Å²) in [5.41, 5.74) is 5.59. The zero-order valence-corrected chi connectivity index (χ0v) is 12.0. The number of amides is 1. The molecular weight excluding hydrogens is 236 g/mol. The van der Waals surface area contributed by atoms with E-state index in [1.54, 1.807) is 7.11 Å². The molecule has 0 aromatic rings. The summed E-state index contributed by atoms with van der Waals surface area (Å²) in [5.74, 6) is -0.143. The molecule has 4 nitrogen and oxygen atoms in total. The molecule has 0 aliphatic rings. The van der Waals surface area contributed by atoms with Crippen LogP contribution in [0.25, 0.3) is 0 Å². The third kappa shape index (κ3) is 5.98. The van der Waals surface area contributed by atoms with Gasteiger partial charge in [-0.25, -0.2) is 0 Å². The fraction of sp³-hybridized carbons (Fsp3) is 0.833. The summed E-state index contributed by atoms with van der Waals surface area (Å²) in [4.78, 5) is 12.3. The number of hydrogen-bond donors (Lipinski definition) is 2. The minimum absolute atomic E-state index is 0.00112. The van der Waals surface area contributed by atoms with Crippen molar-refractivity contribution < 1.29 is 9.53 Å². The van der Waals surface area contributed by atoms with Crippen molar-refractivity contribution in [3.8, 4) is 0 Å². The van der Waals surface area contributed by atoms with Gasteiger partial charge in [0.25, 0.3) is 0 Å². The number of hydrogen-bond acceptors (Lipinski definition) is 3. The topological polar surface area (TPSA) is 64.3 Å². The largest absolute Gasteiger partial charge is 0.393 e. The van der Waals surface area contributed by atoms with Crippen molar-refractivity contribution in [3.63, 3.8) is 0 Å². The van der Waals surface area contributed by atoms with E-state index < -0.39 is 0 Å². The first-order chi connectivity index (χ1) is 7.93. The summed E-state index contributed by atoms with van der Waals surface area (Å²) in [6.45, 7) is 6.59. The molecule has 100 valence electrons. The van der Waals surface area contributed by atoms with Crippen LogP contribution in [-0.2, 0) is 9.53 Å². The lowest BCUT2D eigenvalue weighted by atomic mass is 10.00. The Morgan fingerprint density at radius 1 is 1.47 bits per heavy atom. The Labute approximate surface area is 109 Å². The van der Waals surface area contributed by atoms with E-state index in [0.717, 1.165) is 6.42 Å². The molecule has 0 fully saturated rings. The van der Waals surface area contributed by atoms with E-state index in [-0.39, 0.29) is 22.9 Å². The molecule has 0 spiro atoms. The van der Waals surface area contributed by atoms with Crippen LogP contribution in [0.5, 0.6) is 0 Å². The molecule has 0 saturated heterocycles. The molecule has 0 heterocycles. The maximum atomic E-state index is 12.0. The van der Waals surface area contributed by atoms with Crippen molar-refractivity contribution >= 4 is 23.1 Å². The lowest BCUT2D eigenvalue weighted by Gasteiger charge is -2.24. The van der Waals surface area contributed by atoms with Crippen LogP contribution in [0.3, 0.4) is 0 Å². The van der Waals surface area contributed by atoms with Crippen LogP contribution in [-0.4, -0.2) is 30.7 Å². The fourth-order valence-corrected chi connectivity index (χ4v) is 1.78. The number of methoxy groups -OCH3 is 1. The number of carbonyl (C=O) groups excluding carboxylic acids is 1. The van der Waals surface area contributed by atoms with E-state index in [0.29, 0.717) is 18.9 Å². The Morgan fingerprint density at radius 2 is 2.06 bits per heavy atom. The highest BCUT2D eigenvalue weighted by molar-refractivity contribution is 7.80. The Bertz CT molecular complexity index is 257. The van der Waals surface area contributed by atoms with Gasteiger partial charge in [0.05, 0.1) is 23.6 Å². The van der Waals surface area contributed by atoms with Gasteiger partial charge in [0.15, 0.2) is 0 Å². The van der Waals surface area contributed by atoms with E-state index in [1.807, 2.05) is 20.8 Å². The van der Waals surface area contributed by atoms with Gasteiger partial charge in [0.1, 0.15) is 0 Å². The lowest BCUT2D eigenvalue weighted by Crippen LogP contribution is -2.47. The maximum absolute atomic E-state index is 12.0. The Balaban J connectivity index is 4.50. The average molecular weight is 260 g/mol. The van der Waals surface area contributed by atoms with Gasteiger partial charge in [-0.3, -0.25) is 4.79 Å². The predicted molar refractivity (Wildman–Crippen MR) is 73.8 cm³/mol. The monoisotopic (exact) mass is 260 g/mol. The molecule has 0 aromatic heterocycles. The first-order valence-electron chi connectivity index (χ1n) is 6.02. The molecule has 17 heavy (non-hydrogen) atoms. The number of carbonyl (C=O) groups is 1. The third-order valence-electron chi connectivity index (χ3n) is 2.72. The molecule has 0 aliphatic carbocycles. The van der Waals surface area contributed by atoms with Crippen LogP contribution in [0.15, 0.2) is 0 Å². The van der Waals surface area contributed by atoms with Crippen molar-refractivity contribution in [2.75, 3.05) is 13.7 Å². The zero-order valence-electron chi connectivity index (χ0n) is 11.2. The van der Waals surface area contributed by atoms with Gasteiger partial charge in [0.2, 0.25) is 5.91 Å². The zero-order chi connectivity index (χ0) is 13.4. The second kappa shape index (κ2) is 8.42. The summed E-state index contributed by atoms with van der Waals surface area (Å²) < 4.78 is 5.09. The van der Waals surface area contributed by atoms with E-state index >= 15 is 0 Å². The van der Waals surface area contributed by atoms with Crippen LogP contribution >= 0.6 is 12.2 Å². The van der Waals surface area contributed by atoms with Gasteiger partial charge in [-0.05, 0) is 12.3 Å². The van der Waals surface area contributed by atoms with Crippen molar-refractivity contribution in [2.24, 2.45) is 17.6 Å². The third-order valence-corrected chi connectivity index (χ3v) is 3.00. The van der Waals surface area contributed by atoms with Gasteiger partial charge in [-0.15, -0.1) is 0 Å². The molecule has 0 radical (unpaired) electrons. The van der Waals surface area contributed by atoms with Crippen LogP contribution in [0.2, 0.25) is 0 Å². The first kappa shape index (κ1) is 16.3. The van der Waals surface area contributed by atoms with Crippen molar-refractivity contribution in [1.29, 1.82) is 0 Å². The normalized spacial score (nSPS) is 14.4.